The highest BCUT2D eigenvalue weighted by molar-refractivity contribution is 7.18. The van der Waals surface area contributed by atoms with Crippen molar-refractivity contribution >= 4 is 27.6 Å². The first-order valence-corrected chi connectivity index (χ1v) is 9.00. The van der Waals surface area contributed by atoms with Gasteiger partial charge in [-0.1, -0.05) is 26.0 Å². The van der Waals surface area contributed by atoms with Crippen LogP contribution in [0.1, 0.15) is 52.2 Å². The number of nitrogens with one attached hydrogen (secondary N) is 1. The first-order chi connectivity index (χ1) is 11.2. The fourth-order valence-electron chi connectivity index (χ4n) is 2.42. The van der Waals surface area contributed by atoms with Crippen molar-refractivity contribution in [2.24, 2.45) is 5.92 Å². The van der Waals surface area contributed by atoms with E-state index in [0.717, 1.165) is 10.2 Å². The number of alkyl carbamates (subject to hydrolysis) is 1. The summed E-state index contributed by atoms with van der Waals surface area (Å²) < 4.78 is 6.34. The standard InChI is InChI=1S/C18H26N2O3S/c1-11(2)10-13(20-17(22)23-18(3,4)5)15(21)16-19-12-8-6-7-9-14(12)24-16/h6-9,11,13,15,21H,10H2,1-5H3,(H,20,22). The Bertz CT molecular complexity index is 658. The number of hydrogen-bond donors (Lipinski definition) is 2. The molecule has 0 saturated heterocycles. The highest BCUT2D eigenvalue weighted by Gasteiger charge is 2.28. The molecule has 6 heteroatoms. The van der Waals surface area contributed by atoms with Gasteiger partial charge in [0.25, 0.3) is 0 Å². The quantitative estimate of drug-likeness (QED) is 0.845. The Balaban J connectivity index is 2.17. The summed E-state index contributed by atoms with van der Waals surface area (Å²) in [5.74, 6) is 0.314. The van der Waals surface area contributed by atoms with E-state index in [1.54, 1.807) is 0 Å². The highest BCUT2D eigenvalue weighted by atomic mass is 32.1. The summed E-state index contributed by atoms with van der Waals surface area (Å²) in [7, 11) is 0. The normalized spacial score (nSPS) is 14.6. The summed E-state index contributed by atoms with van der Waals surface area (Å²) in [6.07, 6.45) is -0.748. The molecule has 0 radical (unpaired) electrons. The van der Waals surface area contributed by atoms with Crippen molar-refractivity contribution in [3.63, 3.8) is 0 Å². The Labute approximate surface area is 147 Å². The molecule has 132 valence electrons. The number of fused-ring (bicyclic) bond motifs is 1. The summed E-state index contributed by atoms with van der Waals surface area (Å²) in [6, 6.07) is 7.31. The summed E-state index contributed by atoms with van der Waals surface area (Å²) in [4.78, 5) is 16.6. The lowest BCUT2D eigenvalue weighted by Crippen LogP contribution is -2.43. The summed E-state index contributed by atoms with van der Waals surface area (Å²) in [5.41, 5.74) is 0.282. The Morgan fingerprint density at radius 2 is 2.00 bits per heavy atom. The molecule has 2 rings (SSSR count). The Morgan fingerprint density at radius 3 is 2.58 bits per heavy atom. The number of aromatic nitrogens is 1. The molecule has 0 saturated carbocycles. The number of benzene rings is 1. The zero-order valence-electron chi connectivity index (χ0n) is 14.9. The van der Waals surface area contributed by atoms with E-state index in [2.05, 4.69) is 24.1 Å². The van der Waals surface area contributed by atoms with Crippen LogP contribution in [-0.2, 0) is 4.74 Å². The van der Waals surface area contributed by atoms with Gasteiger partial charge >= 0.3 is 6.09 Å². The Hall–Kier alpha value is -1.66. The van der Waals surface area contributed by atoms with Gasteiger partial charge in [0.05, 0.1) is 16.3 Å². The van der Waals surface area contributed by atoms with Crippen LogP contribution >= 0.6 is 11.3 Å². The lowest BCUT2D eigenvalue weighted by molar-refractivity contribution is 0.0402. The maximum Gasteiger partial charge on any atom is 0.407 e. The molecular formula is C18H26N2O3S. The number of para-hydroxylation sites is 1. The molecule has 2 N–H and O–H groups in total. The number of ether oxygens (including phenoxy) is 1. The van der Waals surface area contributed by atoms with Crippen LogP contribution in [0.5, 0.6) is 0 Å². The van der Waals surface area contributed by atoms with Crippen LogP contribution < -0.4 is 5.32 Å². The molecule has 2 atom stereocenters. The van der Waals surface area contributed by atoms with E-state index in [1.807, 2.05) is 45.0 Å². The van der Waals surface area contributed by atoms with Crippen molar-refractivity contribution < 1.29 is 14.6 Å². The van der Waals surface area contributed by atoms with Gasteiger partial charge in [0.2, 0.25) is 0 Å². The fourth-order valence-corrected chi connectivity index (χ4v) is 3.44. The minimum atomic E-state index is -0.864. The van der Waals surface area contributed by atoms with Gasteiger partial charge in [-0.15, -0.1) is 11.3 Å². The third-order valence-electron chi connectivity index (χ3n) is 3.37. The maximum absolute atomic E-state index is 12.1. The predicted molar refractivity (Wildman–Crippen MR) is 97.2 cm³/mol. The van der Waals surface area contributed by atoms with Crippen LogP contribution in [0.4, 0.5) is 4.79 Å². The fraction of sp³-hybridized carbons (Fsp3) is 0.556. The predicted octanol–water partition coefficient (Wildman–Crippen LogP) is 4.27. The number of hydrogen-bond acceptors (Lipinski definition) is 5. The minimum absolute atomic E-state index is 0.314. The molecule has 0 aliphatic rings. The molecular weight excluding hydrogens is 324 g/mol. The monoisotopic (exact) mass is 350 g/mol. The van der Waals surface area contributed by atoms with Gasteiger partial charge in [-0.05, 0) is 45.2 Å². The molecule has 0 bridgehead atoms. The van der Waals surface area contributed by atoms with Crippen LogP contribution in [0.15, 0.2) is 24.3 Å². The molecule has 0 aliphatic carbocycles. The Kier molecular flexibility index (Phi) is 5.83. The van der Waals surface area contributed by atoms with E-state index >= 15 is 0 Å². The third kappa shape index (κ3) is 5.18. The van der Waals surface area contributed by atoms with Gasteiger partial charge in [-0.3, -0.25) is 0 Å². The molecule has 1 heterocycles. The van der Waals surface area contributed by atoms with E-state index in [4.69, 9.17) is 4.74 Å². The summed E-state index contributed by atoms with van der Waals surface area (Å²) >= 11 is 1.45. The molecule has 0 fully saturated rings. The zero-order valence-corrected chi connectivity index (χ0v) is 15.7. The molecule has 0 aliphatic heterocycles. The number of aliphatic hydroxyl groups is 1. The number of carbonyl (C=O) groups is 1. The van der Waals surface area contributed by atoms with Gasteiger partial charge in [0.1, 0.15) is 16.7 Å². The largest absolute Gasteiger partial charge is 0.444 e. The van der Waals surface area contributed by atoms with Crippen LogP contribution in [0.2, 0.25) is 0 Å². The van der Waals surface area contributed by atoms with Gasteiger partial charge in [-0.2, -0.15) is 0 Å². The summed E-state index contributed by atoms with van der Waals surface area (Å²) in [6.45, 7) is 9.54. The average Bonchev–Trinajstić information content (AvgIpc) is 2.87. The van der Waals surface area contributed by atoms with E-state index in [1.165, 1.54) is 11.3 Å². The van der Waals surface area contributed by atoms with Crippen molar-refractivity contribution in [2.75, 3.05) is 0 Å². The second kappa shape index (κ2) is 7.49. The van der Waals surface area contributed by atoms with E-state index in [0.29, 0.717) is 17.3 Å². The number of carbonyl (C=O) groups excluding carboxylic acids is 1. The molecule has 1 aromatic heterocycles. The molecule has 1 aromatic carbocycles. The number of aliphatic hydroxyl groups excluding tert-OH is 1. The van der Waals surface area contributed by atoms with E-state index in [-0.39, 0.29) is 0 Å². The third-order valence-corrected chi connectivity index (χ3v) is 4.48. The van der Waals surface area contributed by atoms with Crippen molar-refractivity contribution in [2.45, 2.75) is 58.8 Å². The van der Waals surface area contributed by atoms with E-state index < -0.39 is 23.8 Å². The average molecular weight is 350 g/mol. The smallest absolute Gasteiger partial charge is 0.407 e. The Morgan fingerprint density at radius 1 is 1.33 bits per heavy atom. The molecule has 1 amide bonds. The SMILES string of the molecule is CC(C)CC(NC(=O)OC(C)(C)C)C(O)c1nc2ccccc2s1. The van der Waals surface area contributed by atoms with Gasteiger partial charge in [0.15, 0.2) is 0 Å². The number of rotatable bonds is 5. The van der Waals surface area contributed by atoms with Crippen LogP contribution in [0, 0.1) is 5.92 Å². The van der Waals surface area contributed by atoms with Crippen LogP contribution in [0.3, 0.4) is 0 Å². The lowest BCUT2D eigenvalue weighted by Gasteiger charge is -2.27. The first kappa shape index (κ1) is 18.7. The van der Waals surface area contributed by atoms with Gasteiger partial charge < -0.3 is 15.2 Å². The van der Waals surface area contributed by atoms with Crippen molar-refractivity contribution in [3.8, 4) is 0 Å². The molecule has 0 spiro atoms. The van der Waals surface area contributed by atoms with Gasteiger partial charge in [-0.25, -0.2) is 9.78 Å². The molecule has 2 unspecified atom stereocenters. The number of nitrogens with zero attached hydrogens (tertiary/aromatic N) is 1. The van der Waals surface area contributed by atoms with Crippen molar-refractivity contribution in [1.82, 2.24) is 10.3 Å². The molecule has 2 aromatic rings. The first-order valence-electron chi connectivity index (χ1n) is 8.19. The zero-order chi connectivity index (χ0) is 17.9. The second-order valence-electron chi connectivity index (χ2n) is 7.35. The van der Waals surface area contributed by atoms with Crippen molar-refractivity contribution in [3.05, 3.63) is 29.3 Å². The van der Waals surface area contributed by atoms with E-state index in [9.17, 15) is 9.90 Å². The second-order valence-corrected chi connectivity index (χ2v) is 8.41. The topological polar surface area (TPSA) is 71.5 Å². The lowest BCUT2D eigenvalue weighted by atomic mass is 9.99. The molecule has 24 heavy (non-hydrogen) atoms. The summed E-state index contributed by atoms with van der Waals surface area (Å²) in [5, 5.41) is 14.2. The maximum atomic E-state index is 12.1. The number of amides is 1. The molecule has 5 nitrogen and oxygen atoms in total. The van der Waals surface area contributed by atoms with Gasteiger partial charge in [0, 0.05) is 0 Å². The van der Waals surface area contributed by atoms with Crippen LogP contribution in [-0.4, -0.2) is 27.8 Å². The highest BCUT2D eigenvalue weighted by Crippen LogP contribution is 2.29. The van der Waals surface area contributed by atoms with Crippen LogP contribution in [0.25, 0.3) is 10.2 Å². The van der Waals surface area contributed by atoms with Crippen molar-refractivity contribution in [1.29, 1.82) is 0 Å². The minimum Gasteiger partial charge on any atom is -0.444 e. The number of thiazole rings is 1.